The Kier molecular flexibility index (Phi) is 6.31. The molecule has 0 unspecified atom stereocenters. The molecule has 0 aliphatic heterocycles. The Morgan fingerprint density at radius 1 is 1.37 bits per heavy atom. The van der Waals surface area contributed by atoms with Gasteiger partial charge < -0.3 is 15.5 Å². The summed E-state index contributed by atoms with van der Waals surface area (Å²) in [5.41, 5.74) is 7.90. The maximum Gasteiger partial charge on any atom is 0.241 e. The van der Waals surface area contributed by atoms with Gasteiger partial charge >= 0.3 is 0 Å². The summed E-state index contributed by atoms with van der Waals surface area (Å²) in [5, 5.41) is 0. The number of likely N-dealkylation sites (N-methyl/N-ethyl adjacent to an activating group) is 1. The molecule has 2 N–H and O–H groups in total. The Labute approximate surface area is 123 Å². The van der Waals surface area contributed by atoms with E-state index in [9.17, 15) is 4.79 Å². The number of carbonyl (C=O) groups excluding carboxylic acids is 1. The average molecular weight is 328 g/mol. The lowest BCUT2D eigenvalue weighted by Crippen LogP contribution is -2.37. The van der Waals surface area contributed by atoms with Crippen LogP contribution in [0.4, 0.5) is 5.69 Å². The first kappa shape index (κ1) is 16.0. The molecule has 0 saturated carbocycles. The zero-order chi connectivity index (χ0) is 14.4. The van der Waals surface area contributed by atoms with Gasteiger partial charge in [-0.15, -0.1) is 0 Å². The van der Waals surface area contributed by atoms with Gasteiger partial charge in [0.1, 0.15) is 0 Å². The van der Waals surface area contributed by atoms with Crippen molar-refractivity contribution < 1.29 is 4.79 Å². The average Bonchev–Trinajstić information content (AvgIpc) is 2.37. The molecule has 1 aromatic carbocycles. The number of hydrogen-bond acceptors (Lipinski definition) is 3. The summed E-state index contributed by atoms with van der Waals surface area (Å²) in [6, 6.07) is 5.97. The van der Waals surface area contributed by atoms with Gasteiger partial charge in [-0.25, -0.2) is 0 Å². The van der Waals surface area contributed by atoms with Crippen molar-refractivity contribution in [2.24, 2.45) is 5.73 Å². The first-order valence-corrected chi connectivity index (χ1v) is 7.23. The third kappa shape index (κ3) is 4.21. The molecular formula is C14H22BrN3O. The van der Waals surface area contributed by atoms with Crippen molar-refractivity contribution in [1.82, 2.24) is 4.90 Å². The summed E-state index contributed by atoms with van der Waals surface area (Å²) in [7, 11) is 3.55. The van der Waals surface area contributed by atoms with Crippen molar-refractivity contribution in [1.29, 1.82) is 0 Å². The highest BCUT2D eigenvalue weighted by molar-refractivity contribution is 9.10. The monoisotopic (exact) mass is 327 g/mol. The molecule has 0 aliphatic rings. The Morgan fingerprint density at radius 3 is 2.58 bits per heavy atom. The smallest absolute Gasteiger partial charge is 0.241 e. The van der Waals surface area contributed by atoms with Crippen LogP contribution in [0.1, 0.15) is 18.9 Å². The second-order valence-corrected chi connectivity index (χ2v) is 5.51. The van der Waals surface area contributed by atoms with Gasteiger partial charge in [-0.2, -0.15) is 0 Å². The second kappa shape index (κ2) is 7.50. The van der Waals surface area contributed by atoms with E-state index in [1.54, 1.807) is 19.0 Å². The molecule has 0 bridgehead atoms. The maximum atomic E-state index is 11.9. The molecule has 0 atom stereocenters. The molecule has 0 saturated heterocycles. The Balaban J connectivity index is 3.05. The van der Waals surface area contributed by atoms with Crippen LogP contribution >= 0.6 is 15.9 Å². The van der Waals surface area contributed by atoms with Gasteiger partial charge in [0.25, 0.3) is 0 Å². The molecule has 0 fully saturated rings. The third-order valence-corrected chi connectivity index (χ3v) is 3.70. The molecular weight excluding hydrogens is 306 g/mol. The maximum absolute atomic E-state index is 11.9. The van der Waals surface area contributed by atoms with Gasteiger partial charge in [0, 0.05) is 42.9 Å². The zero-order valence-corrected chi connectivity index (χ0v) is 13.4. The standard InChI is InChI=1S/C14H22BrN3O/c1-4-8-18(10-14(19)17(2)3)13-7-5-6-12(15)11(13)9-16/h5-7H,4,8-10,16H2,1-3H3. The fraction of sp³-hybridized carbons (Fsp3) is 0.500. The van der Waals surface area contributed by atoms with E-state index in [1.807, 2.05) is 18.2 Å². The van der Waals surface area contributed by atoms with Crippen LogP contribution in [0.3, 0.4) is 0 Å². The van der Waals surface area contributed by atoms with Crippen LogP contribution in [0, 0.1) is 0 Å². The Hall–Kier alpha value is -1.07. The summed E-state index contributed by atoms with van der Waals surface area (Å²) in [4.78, 5) is 15.6. The molecule has 0 heterocycles. The van der Waals surface area contributed by atoms with Gasteiger partial charge in [-0.05, 0) is 18.6 Å². The number of halogens is 1. The minimum Gasteiger partial charge on any atom is -0.362 e. The molecule has 106 valence electrons. The number of hydrogen-bond donors (Lipinski definition) is 1. The molecule has 19 heavy (non-hydrogen) atoms. The Morgan fingerprint density at radius 2 is 2.05 bits per heavy atom. The SMILES string of the molecule is CCCN(CC(=O)N(C)C)c1cccc(Br)c1CN. The first-order valence-electron chi connectivity index (χ1n) is 6.43. The second-order valence-electron chi connectivity index (χ2n) is 4.65. The number of carbonyl (C=O) groups is 1. The number of amides is 1. The van der Waals surface area contributed by atoms with Gasteiger partial charge in [-0.3, -0.25) is 4.79 Å². The van der Waals surface area contributed by atoms with Gasteiger partial charge in [0.05, 0.1) is 6.54 Å². The van der Waals surface area contributed by atoms with E-state index >= 15 is 0 Å². The summed E-state index contributed by atoms with van der Waals surface area (Å²) >= 11 is 3.52. The molecule has 0 aromatic heterocycles. The number of rotatable bonds is 6. The van der Waals surface area contributed by atoms with Crippen LogP contribution in [-0.4, -0.2) is 38.0 Å². The van der Waals surface area contributed by atoms with E-state index in [-0.39, 0.29) is 5.91 Å². The quantitative estimate of drug-likeness (QED) is 0.871. The molecule has 1 rings (SSSR count). The lowest BCUT2D eigenvalue weighted by molar-refractivity contribution is -0.127. The van der Waals surface area contributed by atoms with Crippen LogP contribution in [0.2, 0.25) is 0 Å². The molecule has 5 heteroatoms. The van der Waals surface area contributed by atoms with E-state index in [1.165, 1.54) is 0 Å². The van der Waals surface area contributed by atoms with Crippen LogP contribution in [-0.2, 0) is 11.3 Å². The van der Waals surface area contributed by atoms with Crippen molar-refractivity contribution >= 4 is 27.5 Å². The molecule has 4 nitrogen and oxygen atoms in total. The lowest BCUT2D eigenvalue weighted by Gasteiger charge is -2.27. The van der Waals surface area contributed by atoms with E-state index in [2.05, 4.69) is 27.8 Å². The first-order chi connectivity index (χ1) is 9.01. The van der Waals surface area contributed by atoms with E-state index in [4.69, 9.17) is 5.73 Å². The lowest BCUT2D eigenvalue weighted by atomic mass is 10.1. The molecule has 0 radical (unpaired) electrons. The molecule has 0 spiro atoms. The van der Waals surface area contributed by atoms with Crippen molar-refractivity contribution in [3.63, 3.8) is 0 Å². The normalized spacial score (nSPS) is 10.4. The third-order valence-electron chi connectivity index (χ3n) is 2.96. The van der Waals surface area contributed by atoms with Gasteiger partial charge in [0.15, 0.2) is 0 Å². The van der Waals surface area contributed by atoms with Crippen LogP contribution in [0.15, 0.2) is 22.7 Å². The van der Waals surface area contributed by atoms with Crippen LogP contribution < -0.4 is 10.6 Å². The highest BCUT2D eigenvalue weighted by atomic mass is 79.9. The summed E-state index contributed by atoms with van der Waals surface area (Å²) < 4.78 is 0.992. The van der Waals surface area contributed by atoms with E-state index < -0.39 is 0 Å². The van der Waals surface area contributed by atoms with Crippen molar-refractivity contribution in [2.75, 3.05) is 32.1 Å². The van der Waals surface area contributed by atoms with Gasteiger partial charge in [0.2, 0.25) is 5.91 Å². The minimum absolute atomic E-state index is 0.0939. The summed E-state index contributed by atoms with van der Waals surface area (Å²) in [5.74, 6) is 0.0939. The topological polar surface area (TPSA) is 49.6 Å². The largest absolute Gasteiger partial charge is 0.362 e. The number of nitrogens with two attached hydrogens (primary N) is 1. The van der Waals surface area contributed by atoms with E-state index in [0.29, 0.717) is 13.1 Å². The fourth-order valence-corrected chi connectivity index (χ4v) is 2.42. The molecule has 1 amide bonds. The van der Waals surface area contributed by atoms with E-state index in [0.717, 1.165) is 28.7 Å². The molecule has 0 aliphatic carbocycles. The predicted molar refractivity (Wildman–Crippen MR) is 83.2 cm³/mol. The highest BCUT2D eigenvalue weighted by Crippen LogP contribution is 2.27. The predicted octanol–water partition coefficient (Wildman–Crippen LogP) is 2.21. The Bertz CT molecular complexity index is 435. The zero-order valence-electron chi connectivity index (χ0n) is 11.8. The summed E-state index contributed by atoms with van der Waals surface area (Å²) in [6.07, 6.45) is 0.983. The number of benzene rings is 1. The number of anilines is 1. The minimum atomic E-state index is 0.0939. The van der Waals surface area contributed by atoms with Crippen molar-refractivity contribution in [2.45, 2.75) is 19.9 Å². The number of nitrogens with zero attached hydrogens (tertiary/aromatic N) is 2. The fourth-order valence-electron chi connectivity index (χ4n) is 1.90. The highest BCUT2D eigenvalue weighted by Gasteiger charge is 2.16. The van der Waals surface area contributed by atoms with Crippen molar-refractivity contribution in [3.8, 4) is 0 Å². The van der Waals surface area contributed by atoms with Crippen LogP contribution in [0.25, 0.3) is 0 Å². The summed E-state index contributed by atoms with van der Waals surface area (Å²) in [6.45, 7) is 3.77. The van der Waals surface area contributed by atoms with Crippen LogP contribution in [0.5, 0.6) is 0 Å². The van der Waals surface area contributed by atoms with Gasteiger partial charge in [-0.1, -0.05) is 28.9 Å². The van der Waals surface area contributed by atoms with Crippen molar-refractivity contribution in [3.05, 3.63) is 28.2 Å². The molecule has 1 aromatic rings.